The Bertz CT molecular complexity index is 795. The standard InChI is InChI=1S/C20H23FN4O2/c21-16-9-7-15(8-10-16)20(27)25-13-2-5-17-4-1-6-18(24-17)22-11-3-12-23-19(26)14-25/h1,4,6-10H,2-3,5,11-14H2,(H,22,24)(H,23,26). The number of carbonyl (C=O) groups is 2. The summed E-state index contributed by atoms with van der Waals surface area (Å²) in [5.41, 5.74) is 1.31. The molecule has 6 nitrogen and oxygen atoms in total. The molecule has 27 heavy (non-hydrogen) atoms. The molecule has 1 aromatic heterocycles. The molecule has 2 N–H and O–H groups in total. The van der Waals surface area contributed by atoms with Crippen molar-refractivity contribution in [1.29, 1.82) is 0 Å². The highest BCUT2D eigenvalue weighted by Gasteiger charge is 2.19. The second kappa shape index (κ2) is 9.12. The molecule has 1 aliphatic rings. The number of anilines is 1. The van der Waals surface area contributed by atoms with E-state index < -0.39 is 5.82 Å². The van der Waals surface area contributed by atoms with Crippen LogP contribution in [0.5, 0.6) is 0 Å². The Kier molecular flexibility index (Phi) is 6.35. The fraction of sp³-hybridized carbons (Fsp3) is 0.350. The number of aromatic nitrogens is 1. The number of rotatable bonds is 1. The maximum atomic E-state index is 13.1. The van der Waals surface area contributed by atoms with Crippen molar-refractivity contribution < 1.29 is 14.0 Å². The van der Waals surface area contributed by atoms with Gasteiger partial charge in [-0.3, -0.25) is 9.59 Å². The van der Waals surface area contributed by atoms with Crippen LogP contribution in [0.3, 0.4) is 0 Å². The zero-order chi connectivity index (χ0) is 19.1. The summed E-state index contributed by atoms with van der Waals surface area (Å²) in [5.74, 6) is -0.0558. The van der Waals surface area contributed by atoms with Gasteiger partial charge in [0.05, 0.1) is 6.54 Å². The number of aryl methyl sites for hydroxylation is 1. The van der Waals surface area contributed by atoms with Gasteiger partial charge in [0.15, 0.2) is 0 Å². The summed E-state index contributed by atoms with van der Waals surface area (Å²) in [4.78, 5) is 31.1. The van der Waals surface area contributed by atoms with Crippen molar-refractivity contribution in [3.05, 3.63) is 59.5 Å². The van der Waals surface area contributed by atoms with Crippen molar-refractivity contribution in [2.45, 2.75) is 19.3 Å². The monoisotopic (exact) mass is 370 g/mol. The summed E-state index contributed by atoms with van der Waals surface area (Å²) in [6.45, 7) is 1.62. The number of hydrogen-bond donors (Lipinski definition) is 2. The number of benzene rings is 1. The van der Waals surface area contributed by atoms with Crippen molar-refractivity contribution in [2.24, 2.45) is 0 Å². The highest BCUT2D eigenvalue weighted by molar-refractivity contribution is 5.96. The smallest absolute Gasteiger partial charge is 0.254 e. The molecule has 2 amide bonds. The molecule has 2 heterocycles. The average Bonchev–Trinajstić information content (AvgIpc) is 2.67. The fourth-order valence-corrected chi connectivity index (χ4v) is 2.96. The average molecular weight is 370 g/mol. The second-order valence-corrected chi connectivity index (χ2v) is 6.48. The van der Waals surface area contributed by atoms with Crippen LogP contribution in [0.4, 0.5) is 10.2 Å². The molecular formula is C20H23FN4O2. The van der Waals surface area contributed by atoms with Gasteiger partial charge in [0.25, 0.3) is 5.91 Å². The lowest BCUT2D eigenvalue weighted by Gasteiger charge is -2.23. The number of nitrogens with zero attached hydrogens (tertiary/aromatic N) is 2. The third-order valence-corrected chi connectivity index (χ3v) is 4.36. The Morgan fingerprint density at radius 1 is 1.04 bits per heavy atom. The Morgan fingerprint density at radius 3 is 2.63 bits per heavy atom. The minimum atomic E-state index is -0.398. The summed E-state index contributed by atoms with van der Waals surface area (Å²) >= 11 is 0. The lowest BCUT2D eigenvalue weighted by Crippen LogP contribution is -2.41. The third-order valence-electron chi connectivity index (χ3n) is 4.36. The normalized spacial score (nSPS) is 16.0. The van der Waals surface area contributed by atoms with E-state index in [2.05, 4.69) is 15.6 Å². The van der Waals surface area contributed by atoms with Gasteiger partial charge >= 0.3 is 0 Å². The number of hydrogen-bond acceptors (Lipinski definition) is 4. The number of amides is 2. The van der Waals surface area contributed by atoms with Gasteiger partial charge in [-0.05, 0) is 55.7 Å². The van der Waals surface area contributed by atoms with Crippen molar-refractivity contribution in [2.75, 3.05) is 31.5 Å². The van der Waals surface area contributed by atoms with Crippen LogP contribution in [0.15, 0.2) is 42.5 Å². The first-order valence-electron chi connectivity index (χ1n) is 9.13. The molecule has 3 rings (SSSR count). The lowest BCUT2D eigenvalue weighted by atomic mass is 10.1. The first kappa shape index (κ1) is 18.8. The summed E-state index contributed by atoms with van der Waals surface area (Å²) in [6.07, 6.45) is 2.13. The molecule has 0 saturated heterocycles. The second-order valence-electron chi connectivity index (χ2n) is 6.48. The number of nitrogens with one attached hydrogen (secondary N) is 2. The van der Waals surface area contributed by atoms with Crippen LogP contribution < -0.4 is 10.6 Å². The van der Waals surface area contributed by atoms with E-state index in [9.17, 15) is 14.0 Å². The van der Waals surface area contributed by atoms with Gasteiger partial charge in [-0.1, -0.05) is 6.07 Å². The molecule has 2 aromatic rings. The molecule has 0 saturated carbocycles. The van der Waals surface area contributed by atoms with Crippen LogP contribution in [0.1, 0.15) is 28.9 Å². The largest absolute Gasteiger partial charge is 0.370 e. The van der Waals surface area contributed by atoms with Crippen LogP contribution >= 0.6 is 0 Å². The molecule has 1 aliphatic heterocycles. The van der Waals surface area contributed by atoms with E-state index in [1.165, 1.54) is 29.2 Å². The molecule has 0 radical (unpaired) electrons. The van der Waals surface area contributed by atoms with Crippen molar-refractivity contribution in [3.63, 3.8) is 0 Å². The summed E-state index contributed by atoms with van der Waals surface area (Å²) in [5, 5.41) is 6.08. The number of carbonyl (C=O) groups excluding carboxylic acids is 2. The molecule has 1 aromatic carbocycles. The maximum Gasteiger partial charge on any atom is 0.254 e. The summed E-state index contributed by atoms with van der Waals surface area (Å²) in [6, 6.07) is 11.2. The van der Waals surface area contributed by atoms with Gasteiger partial charge < -0.3 is 15.5 Å². The Balaban J connectivity index is 1.74. The van der Waals surface area contributed by atoms with Crippen LogP contribution in [0.2, 0.25) is 0 Å². The zero-order valence-corrected chi connectivity index (χ0v) is 15.1. The van der Waals surface area contributed by atoms with Crippen LogP contribution in [-0.4, -0.2) is 47.9 Å². The Morgan fingerprint density at radius 2 is 1.81 bits per heavy atom. The first-order chi connectivity index (χ1) is 13.1. The van der Waals surface area contributed by atoms with E-state index in [0.29, 0.717) is 38.0 Å². The van der Waals surface area contributed by atoms with E-state index in [1.807, 2.05) is 18.2 Å². The highest BCUT2D eigenvalue weighted by atomic mass is 19.1. The molecule has 7 heteroatoms. The predicted molar refractivity (Wildman–Crippen MR) is 101 cm³/mol. The Labute approximate surface area is 157 Å². The van der Waals surface area contributed by atoms with Gasteiger partial charge in [0.1, 0.15) is 11.6 Å². The van der Waals surface area contributed by atoms with Crippen molar-refractivity contribution in [1.82, 2.24) is 15.2 Å². The quantitative estimate of drug-likeness (QED) is 0.807. The van der Waals surface area contributed by atoms with Crippen LogP contribution in [0.25, 0.3) is 0 Å². The zero-order valence-electron chi connectivity index (χ0n) is 15.1. The molecule has 0 atom stereocenters. The molecular weight excluding hydrogens is 347 g/mol. The van der Waals surface area contributed by atoms with E-state index >= 15 is 0 Å². The molecule has 0 unspecified atom stereocenters. The number of pyridine rings is 1. The lowest BCUT2D eigenvalue weighted by molar-refractivity contribution is -0.121. The predicted octanol–water partition coefficient (Wildman–Crippen LogP) is 2.23. The van der Waals surface area contributed by atoms with Crippen molar-refractivity contribution in [3.8, 4) is 0 Å². The van der Waals surface area contributed by atoms with Gasteiger partial charge in [-0.15, -0.1) is 0 Å². The molecule has 0 aliphatic carbocycles. The first-order valence-corrected chi connectivity index (χ1v) is 9.13. The SMILES string of the molecule is O=C1CN(C(=O)c2ccc(F)cc2)CCCc2cccc(n2)NCCCN1. The molecule has 2 bridgehead atoms. The minimum absolute atomic E-state index is 0.0168. The molecule has 142 valence electrons. The highest BCUT2D eigenvalue weighted by Crippen LogP contribution is 2.11. The minimum Gasteiger partial charge on any atom is -0.370 e. The number of fused-ring (bicyclic) bond motifs is 2. The van der Waals surface area contributed by atoms with Gasteiger partial charge in [-0.2, -0.15) is 0 Å². The van der Waals surface area contributed by atoms with Gasteiger partial charge in [-0.25, -0.2) is 9.37 Å². The van der Waals surface area contributed by atoms with Crippen LogP contribution in [-0.2, 0) is 11.2 Å². The van der Waals surface area contributed by atoms with Gasteiger partial charge in [0.2, 0.25) is 5.91 Å². The summed E-state index contributed by atoms with van der Waals surface area (Å²) < 4.78 is 13.1. The number of halogens is 1. The fourth-order valence-electron chi connectivity index (χ4n) is 2.96. The topological polar surface area (TPSA) is 74.3 Å². The molecule has 0 spiro atoms. The van der Waals surface area contributed by atoms with E-state index in [1.54, 1.807) is 0 Å². The third kappa shape index (κ3) is 5.51. The van der Waals surface area contributed by atoms with Crippen molar-refractivity contribution >= 4 is 17.6 Å². The van der Waals surface area contributed by atoms with E-state index in [-0.39, 0.29) is 18.4 Å². The van der Waals surface area contributed by atoms with Crippen LogP contribution in [0, 0.1) is 5.82 Å². The maximum absolute atomic E-state index is 13.1. The Hall–Kier alpha value is -2.96. The van der Waals surface area contributed by atoms with E-state index in [4.69, 9.17) is 0 Å². The van der Waals surface area contributed by atoms with Gasteiger partial charge in [0, 0.05) is 30.9 Å². The molecule has 0 fully saturated rings. The summed E-state index contributed by atoms with van der Waals surface area (Å²) in [7, 11) is 0. The van der Waals surface area contributed by atoms with E-state index in [0.717, 1.165) is 17.9 Å².